The van der Waals surface area contributed by atoms with Crippen LogP contribution in [0.3, 0.4) is 0 Å². The molecule has 8 nitrogen and oxygen atoms in total. The maximum absolute atomic E-state index is 13.5. The summed E-state index contributed by atoms with van der Waals surface area (Å²) >= 11 is 0. The molecule has 0 fully saturated rings. The fourth-order valence-corrected chi connectivity index (χ4v) is 4.44. The second kappa shape index (κ2) is 11.3. The molecule has 0 aliphatic carbocycles. The number of rotatable bonds is 7. The molecule has 206 valence electrons. The zero-order valence-corrected chi connectivity index (χ0v) is 22.0. The van der Waals surface area contributed by atoms with E-state index in [9.17, 15) is 27.6 Å². The lowest BCUT2D eigenvalue weighted by atomic mass is 10.0. The highest BCUT2D eigenvalue weighted by Gasteiger charge is 2.30. The second-order valence-corrected chi connectivity index (χ2v) is 9.62. The largest absolute Gasteiger partial charge is 0.416 e. The van der Waals surface area contributed by atoms with Crippen LogP contribution in [0, 0.1) is 0 Å². The summed E-state index contributed by atoms with van der Waals surface area (Å²) in [6.07, 6.45) is -3.36. The van der Waals surface area contributed by atoms with Gasteiger partial charge in [-0.15, -0.1) is 0 Å². The predicted octanol–water partition coefficient (Wildman–Crippen LogP) is 4.18. The molecule has 0 saturated carbocycles. The Balaban J connectivity index is 1.52. The summed E-state index contributed by atoms with van der Waals surface area (Å²) in [5.41, 5.74) is 1.59. The van der Waals surface area contributed by atoms with Gasteiger partial charge in [0.05, 0.1) is 23.4 Å². The third kappa shape index (κ3) is 6.13. The van der Waals surface area contributed by atoms with Crippen LogP contribution in [-0.4, -0.2) is 51.8 Å². The smallest absolute Gasteiger partial charge is 0.351 e. The quantitative estimate of drug-likeness (QED) is 0.485. The van der Waals surface area contributed by atoms with Gasteiger partial charge in [0.2, 0.25) is 5.95 Å². The van der Waals surface area contributed by atoms with E-state index in [-0.39, 0.29) is 30.5 Å². The summed E-state index contributed by atoms with van der Waals surface area (Å²) in [6.45, 7) is 2.99. The molecule has 39 heavy (non-hydrogen) atoms. The first kappa shape index (κ1) is 27.9. The highest BCUT2D eigenvalue weighted by molar-refractivity contribution is 5.97. The number of hydrogen-bond donors (Lipinski definition) is 1. The molecule has 0 unspecified atom stereocenters. The van der Waals surface area contributed by atoms with Gasteiger partial charge in [0.25, 0.3) is 17.4 Å². The molecule has 4 rings (SSSR count). The van der Waals surface area contributed by atoms with E-state index in [0.717, 1.165) is 12.1 Å². The van der Waals surface area contributed by atoms with Crippen molar-refractivity contribution in [2.45, 2.75) is 45.6 Å². The van der Waals surface area contributed by atoms with Crippen molar-refractivity contribution in [2.75, 3.05) is 26.0 Å². The van der Waals surface area contributed by atoms with Crippen LogP contribution < -0.4 is 10.9 Å². The summed E-state index contributed by atoms with van der Waals surface area (Å²) in [5, 5.41) is 3.10. The summed E-state index contributed by atoms with van der Waals surface area (Å²) < 4.78 is 40.1. The maximum atomic E-state index is 13.5. The summed E-state index contributed by atoms with van der Waals surface area (Å²) in [7, 11) is 3.31. The van der Waals surface area contributed by atoms with Gasteiger partial charge in [0, 0.05) is 51.3 Å². The highest BCUT2D eigenvalue weighted by Crippen LogP contribution is 2.29. The number of aromatic nitrogens is 2. The molecule has 11 heteroatoms. The van der Waals surface area contributed by atoms with Crippen molar-refractivity contribution in [1.29, 1.82) is 0 Å². The summed E-state index contributed by atoms with van der Waals surface area (Å²) in [6, 6.07) is 11.3. The molecule has 0 radical (unpaired) electrons. The number of alkyl halides is 3. The van der Waals surface area contributed by atoms with E-state index in [1.165, 1.54) is 21.6 Å². The van der Waals surface area contributed by atoms with Gasteiger partial charge in [0.1, 0.15) is 0 Å². The minimum atomic E-state index is -4.41. The zero-order valence-electron chi connectivity index (χ0n) is 22.0. The average molecular weight is 542 g/mol. The molecular weight excluding hydrogens is 511 g/mol. The van der Waals surface area contributed by atoms with E-state index in [0.29, 0.717) is 59.8 Å². The van der Waals surface area contributed by atoms with E-state index in [1.807, 2.05) is 6.92 Å². The molecule has 3 aromatic rings. The Labute approximate surface area is 224 Å². The molecule has 0 bridgehead atoms. The van der Waals surface area contributed by atoms with Gasteiger partial charge in [-0.2, -0.15) is 13.2 Å². The van der Waals surface area contributed by atoms with Gasteiger partial charge >= 0.3 is 6.18 Å². The molecular formula is C28H30F3N5O3. The van der Waals surface area contributed by atoms with Gasteiger partial charge in [-0.25, -0.2) is 4.98 Å². The number of anilines is 1. The van der Waals surface area contributed by atoms with Crippen molar-refractivity contribution in [3.05, 3.63) is 92.4 Å². The molecule has 0 saturated heterocycles. The van der Waals surface area contributed by atoms with Gasteiger partial charge in [-0.05, 0) is 48.4 Å². The topological polar surface area (TPSA) is 87.5 Å². The molecule has 1 aromatic heterocycles. The SMILES string of the molecule is CCCn1c(NCc2ccc(C(F)(F)F)cc2)nc2c(c1=O)CN(C(=O)c1ccc(C(=O)N(C)C)cc1)CC2. The highest BCUT2D eigenvalue weighted by atomic mass is 19.4. The number of carbonyl (C=O) groups excluding carboxylic acids is 2. The number of carbonyl (C=O) groups is 2. The van der Waals surface area contributed by atoms with E-state index in [1.54, 1.807) is 43.3 Å². The van der Waals surface area contributed by atoms with Crippen molar-refractivity contribution in [3.63, 3.8) is 0 Å². The van der Waals surface area contributed by atoms with Crippen LogP contribution in [0.15, 0.2) is 53.3 Å². The van der Waals surface area contributed by atoms with Crippen LogP contribution >= 0.6 is 0 Å². The fourth-order valence-electron chi connectivity index (χ4n) is 4.44. The number of halogens is 3. The Bertz CT molecular complexity index is 1410. The number of nitrogens with one attached hydrogen (secondary N) is 1. The zero-order chi connectivity index (χ0) is 28.3. The first-order valence-corrected chi connectivity index (χ1v) is 12.6. The van der Waals surface area contributed by atoms with E-state index < -0.39 is 11.7 Å². The van der Waals surface area contributed by atoms with Crippen LogP contribution in [0.5, 0.6) is 0 Å². The van der Waals surface area contributed by atoms with Crippen LogP contribution in [0.25, 0.3) is 0 Å². The average Bonchev–Trinajstić information content (AvgIpc) is 2.92. The van der Waals surface area contributed by atoms with E-state index in [2.05, 4.69) is 10.3 Å². The molecule has 1 N–H and O–H groups in total. The molecule has 2 aromatic carbocycles. The minimum absolute atomic E-state index is 0.112. The Kier molecular flexibility index (Phi) is 8.08. The summed E-state index contributed by atoms with van der Waals surface area (Å²) in [4.78, 5) is 46.5. The van der Waals surface area contributed by atoms with Crippen LogP contribution in [0.4, 0.5) is 19.1 Å². The Morgan fingerprint density at radius 3 is 2.26 bits per heavy atom. The van der Waals surface area contributed by atoms with Gasteiger partial charge in [-0.1, -0.05) is 19.1 Å². The number of fused-ring (bicyclic) bond motifs is 1. The Morgan fingerprint density at radius 2 is 1.67 bits per heavy atom. The van der Waals surface area contributed by atoms with Gasteiger partial charge < -0.3 is 15.1 Å². The molecule has 0 atom stereocenters. The predicted molar refractivity (Wildman–Crippen MR) is 140 cm³/mol. The lowest BCUT2D eigenvalue weighted by Crippen LogP contribution is -2.41. The van der Waals surface area contributed by atoms with Crippen LogP contribution in [0.1, 0.15) is 56.4 Å². The lowest BCUT2D eigenvalue weighted by Gasteiger charge is -2.29. The number of benzene rings is 2. The summed E-state index contributed by atoms with van der Waals surface area (Å²) in [5.74, 6) is -0.0527. The van der Waals surface area contributed by atoms with Crippen LogP contribution in [-0.2, 0) is 32.2 Å². The Hall–Kier alpha value is -4.15. The van der Waals surface area contributed by atoms with Crippen LogP contribution in [0.2, 0.25) is 0 Å². The molecule has 2 amide bonds. The third-order valence-corrected chi connectivity index (χ3v) is 6.57. The van der Waals surface area contributed by atoms with Crippen molar-refractivity contribution in [2.24, 2.45) is 0 Å². The van der Waals surface area contributed by atoms with E-state index >= 15 is 0 Å². The fraction of sp³-hybridized carbons (Fsp3) is 0.357. The number of amides is 2. The minimum Gasteiger partial charge on any atom is -0.351 e. The van der Waals surface area contributed by atoms with Gasteiger partial charge in [0.15, 0.2) is 0 Å². The van der Waals surface area contributed by atoms with Crippen molar-refractivity contribution >= 4 is 17.8 Å². The standard InChI is InChI=1S/C28H30F3N5O3/c1-4-14-36-26(39)22-17-35(25(38)20-9-7-19(8-10-20)24(37)34(2)3)15-13-23(22)33-27(36)32-16-18-5-11-21(12-6-18)28(29,30)31/h5-12H,4,13-17H2,1-3H3,(H,32,33). The van der Waals surface area contributed by atoms with Crippen molar-refractivity contribution in [3.8, 4) is 0 Å². The van der Waals surface area contributed by atoms with Crippen molar-refractivity contribution in [1.82, 2.24) is 19.4 Å². The van der Waals surface area contributed by atoms with Gasteiger partial charge in [-0.3, -0.25) is 19.0 Å². The monoisotopic (exact) mass is 541 g/mol. The molecule has 2 heterocycles. The molecule has 1 aliphatic heterocycles. The first-order valence-electron chi connectivity index (χ1n) is 12.6. The number of hydrogen-bond acceptors (Lipinski definition) is 5. The molecule has 0 spiro atoms. The normalized spacial score (nSPS) is 13.1. The number of nitrogens with zero attached hydrogens (tertiary/aromatic N) is 4. The first-order chi connectivity index (χ1) is 18.5. The van der Waals surface area contributed by atoms with Crippen molar-refractivity contribution < 1.29 is 22.8 Å². The third-order valence-electron chi connectivity index (χ3n) is 6.57. The molecule has 1 aliphatic rings. The second-order valence-electron chi connectivity index (χ2n) is 9.62. The Morgan fingerprint density at radius 1 is 1.03 bits per heavy atom. The maximum Gasteiger partial charge on any atom is 0.416 e. The lowest BCUT2D eigenvalue weighted by molar-refractivity contribution is -0.137. The van der Waals surface area contributed by atoms with E-state index in [4.69, 9.17) is 0 Å².